The summed E-state index contributed by atoms with van der Waals surface area (Å²) in [6, 6.07) is 29.8. The van der Waals surface area contributed by atoms with Crippen LogP contribution in [-0.2, 0) is 4.74 Å². The minimum Gasteiger partial charge on any atom is -0.491 e. The second-order valence-electron chi connectivity index (χ2n) is 12.3. The third-order valence-electron chi connectivity index (χ3n) is 8.59. The Bertz CT molecular complexity index is 2750. The normalized spacial score (nSPS) is 11.1. The number of rotatable bonds is 7. The van der Waals surface area contributed by atoms with Gasteiger partial charge in [0, 0.05) is 75.7 Å². The first-order valence-electron chi connectivity index (χ1n) is 17.4. The zero-order valence-electron chi connectivity index (χ0n) is 30.7. The highest BCUT2D eigenvalue weighted by Crippen LogP contribution is 2.29. The molecular weight excluding hydrogens is 719 g/mol. The van der Waals surface area contributed by atoms with E-state index in [9.17, 15) is 0 Å². The molecule has 0 saturated heterocycles. The van der Waals surface area contributed by atoms with Gasteiger partial charge in [0.1, 0.15) is 24.0 Å². The van der Waals surface area contributed by atoms with E-state index < -0.39 is 0 Å². The molecule has 0 saturated carbocycles. The van der Waals surface area contributed by atoms with Crippen molar-refractivity contribution in [3.05, 3.63) is 155 Å². The molecule has 7 rings (SSSR count). The van der Waals surface area contributed by atoms with E-state index in [0.29, 0.717) is 41.7 Å². The molecule has 0 spiro atoms. The van der Waals surface area contributed by atoms with Crippen LogP contribution < -0.4 is 27.7 Å². The molecule has 282 valence electrons. The molecule has 13 heteroatoms. The molecule has 13 nitrogen and oxygen atoms in total. The molecule has 0 aliphatic carbocycles. The van der Waals surface area contributed by atoms with Crippen LogP contribution in [0.5, 0.6) is 5.75 Å². The van der Waals surface area contributed by atoms with Gasteiger partial charge in [-0.05, 0) is 71.8 Å². The standard InChI is InChI=1S/C23H17N5O.C21H20N4O3/c24-22(28-29)18-3-1-2-15(12-18)4-5-19-14-27-23(25)20-7-6-17(13-21(19)20)16-8-10-26-11-9-16;1-27-9-10-28-17-7-8-18-19(12-17)16(13-24-21(18)23)6-5-14-3-2-4-15(11-14)20(22)25-26/h1-3,6-14,29H,(H2,24,28)(H2,25,27);2-4,7-8,11-13,26H,9-10H2,1H3,(H2,22,25)(H2,23,24). The number of oxime groups is 2. The van der Waals surface area contributed by atoms with Crippen molar-refractivity contribution < 1.29 is 19.9 Å². The number of anilines is 2. The Labute approximate surface area is 328 Å². The van der Waals surface area contributed by atoms with Gasteiger partial charge >= 0.3 is 0 Å². The highest BCUT2D eigenvalue weighted by molar-refractivity contribution is 5.99. The van der Waals surface area contributed by atoms with Crippen LogP contribution in [0.3, 0.4) is 0 Å². The third kappa shape index (κ3) is 9.52. The second-order valence-corrected chi connectivity index (χ2v) is 12.3. The monoisotopic (exact) mass is 755 g/mol. The van der Waals surface area contributed by atoms with Crippen LogP contribution in [0.1, 0.15) is 33.4 Å². The number of aromatic nitrogens is 3. The summed E-state index contributed by atoms with van der Waals surface area (Å²) < 4.78 is 10.7. The van der Waals surface area contributed by atoms with E-state index in [4.69, 9.17) is 42.8 Å². The highest BCUT2D eigenvalue weighted by atomic mass is 16.5. The van der Waals surface area contributed by atoms with Crippen LogP contribution in [0.25, 0.3) is 32.7 Å². The number of nitrogen functional groups attached to an aromatic ring is 2. The molecule has 0 radical (unpaired) electrons. The molecule has 7 aromatic rings. The number of nitrogens with two attached hydrogens (primary N) is 4. The minimum absolute atomic E-state index is 0.0288. The lowest BCUT2D eigenvalue weighted by atomic mass is 10.00. The Kier molecular flexibility index (Phi) is 12.4. The molecule has 57 heavy (non-hydrogen) atoms. The number of nitrogens with zero attached hydrogens (tertiary/aromatic N) is 5. The number of pyridine rings is 3. The van der Waals surface area contributed by atoms with E-state index in [2.05, 4.69) is 55.0 Å². The van der Waals surface area contributed by atoms with Crippen LogP contribution in [0.4, 0.5) is 11.6 Å². The van der Waals surface area contributed by atoms with Gasteiger partial charge in [-0.2, -0.15) is 0 Å². The number of methoxy groups -OCH3 is 1. The lowest BCUT2D eigenvalue weighted by molar-refractivity contribution is 0.146. The molecule has 0 aliphatic rings. The van der Waals surface area contributed by atoms with Crippen molar-refractivity contribution in [1.29, 1.82) is 0 Å². The average molecular weight is 756 g/mol. The van der Waals surface area contributed by atoms with Gasteiger partial charge in [-0.3, -0.25) is 4.98 Å². The molecular formula is C44H37N9O4. The second kappa shape index (κ2) is 18.3. The zero-order valence-corrected chi connectivity index (χ0v) is 30.7. The first-order valence-corrected chi connectivity index (χ1v) is 17.4. The van der Waals surface area contributed by atoms with Gasteiger partial charge < -0.3 is 42.8 Å². The Balaban J connectivity index is 0.000000193. The number of ether oxygens (including phenoxy) is 2. The average Bonchev–Trinajstić information content (AvgIpc) is 3.26. The molecule has 0 atom stereocenters. The van der Waals surface area contributed by atoms with Crippen molar-refractivity contribution in [3.8, 4) is 40.6 Å². The number of hydrogen-bond acceptors (Lipinski definition) is 11. The molecule has 4 aromatic carbocycles. The van der Waals surface area contributed by atoms with E-state index in [-0.39, 0.29) is 11.7 Å². The van der Waals surface area contributed by atoms with Crippen LogP contribution >= 0.6 is 0 Å². The summed E-state index contributed by atoms with van der Waals surface area (Å²) >= 11 is 0. The van der Waals surface area contributed by atoms with Gasteiger partial charge in [0.25, 0.3) is 0 Å². The maximum atomic E-state index is 8.85. The number of amidine groups is 2. The Morgan fingerprint density at radius 3 is 1.70 bits per heavy atom. The summed E-state index contributed by atoms with van der Waals surface area (Å²) in [6.45, 7) is 0.948. The predicted octanol–water partition coefficient (Wildman–Crippen LogP) is 5.71. The molecule has 0 bridgehead atoms. The summed E-state index contributed by atoms with van der Waals surface area (Å²) in [7, 11) is 1.62. The predicted molar refractivity (Wildman–Crippen MR) is 223 cm³/mol. The third-order valence-corrected chi connectivity index (χ3v) is 8.59. The molecule has 0 fully saturated rings. The highest BCUT2D eigenvalue weighted by Gasteiger charge is 2.09. The van der Waals surface area contributed by atoms with Gasteiger partial charge in [0.2, 0.25) is 0 Å². The van der Waals surface area contributed by atoms with E-state index in [1.165, 1.54) is 0 Å². The van der Waals surface area contributed by atoms with Crippen LogP contribution in [0, 0.1) is 23.7 Å². The lowest BCUT2D eigenvalue weighted by Crippen LogP contribution is -2.12. The fourth-order valence-corrected chi connectivity index (χ4v) is 5.67. The van der Waals surface area contributed by atoms with Crippen molar-refractivity contribution in [1.82, 2.24) is 15.0 Å². The molecule has 0 amide bonds. The van der Waals surface area contributed by atoms with Crippen LogP contribution in [-0.4, -0.2) is 57.4 Å². The summed E-state index contributed by atoms with van der Waals surface area (Å²) in [4.78, 5) is 12.6. The lowest BCUT2D eigenvalue weighted by Gasteiger charge is -2.09. The maximum absolute atomic E-state index is 8.85. The molecule has 3 heterocycles. The fourth-order valence-electron chi connectivity index (χ4n) is 5.67. The van der Waals surface area contributed by atoms with Crippen molar-refractivity contribution in [2.45, 2.75) is 0 Å². The van der Waals surface area contributed by atoms with Gasteiger partial charge in [-0.1, -0.05) is 70.4 Å². The zero-order chi connectivity index (χ0) is 40.1. The van der Waals surface area contributed by atoms with Crippen molar-refractivity contribution in [3.63, 3.8) is 0 Å². The van der Waals surface area contributed by atoms with E-state index in [0.717, 1.165) is 54.9 Å². The Morgan fingerprint density at radius 2 is 1.16 bits per heavy atom. The maximum Gasteiger partial charge on any atom is 0.170 e. The van der Waals surface area contributed by atoms with Crippen molar-refractivity contribution >= 4 is 44.9 Å². The van der Waals surface area contributed by atoms with Crippen molar-refractivity contribution in [2.24, 2.45) is 21.8 Å². The fraction of sp³-hybridized carbons (Fsp3) is 0.0682. The SMILES string of the molecule is COCCOc1ccc2c(N)ncc(C#Cc3cccc(C(N)=NO)c3)c2c1.NC(=NO)c1cccc(C#Cc2cnc(N)c3ccc(-c4ccncc4)cc23)c1. The summed E-state index contributed by atoms with van der Waals surface area (Å²) in [5.41, 5.74) is 29.6. The Morgan fingerprint density at radius 1 is 0.614 bits per heavy atom. The van der Waals surface area contributed by atoms with Crippen LogP contribution in [0.2, 0.25) is 0 Å². The summed E-state index contributed by atoms with van der Waals surface area (Å²) in [6.07, 6.45) is 6.83. The number of hydrogen-bond donors (Lipinski definition) is 6. The summed E-state index contributed by atoms with van der Waals surface area (Å²) in [5.74, 6) is 14.1. The smallest absolute Gasteiger partial charge is 0.170 e. The Hall–Kier alpha value is -8.13. The first-order chi connectivity index (χ1) is 27.8. The quantitative estimate of drug-likeness (QED) is 0.0288. The number of fused-ring (bicyclic) bond motifs is 2. The molecule has 0 unspecified atom stereocenters. The van der Waals surface area contributed by atoms with Gasteiger partial charge in [-0.15, -0.1) is 0 Å². The minimum atomic E-state index is 0.0288. The molecule has 0 aliphatic heterocycles. The van der Waals surface area contributed by atoms with Gasteiger partial charge in [0.15, 0.2) is 11.7 Å². The topological polar surface area (TPSA) is 226 Å². The van der Waals surface area contributed by atoms with E-state index >= 15 is 0 Å². The van der Waals surface area contributed by atoms with Gasteiger partial charge in [-0.25, -0.2) is 9.97 Å². The van der Waals surface area contributed by atoms with Crippen LogP contribution in [0.15, 0.2) is 132 Å². The van der Waals surface area contributed by atoms with E-state index in [1.807, 2.05) is 54.6 Å². The largest absolute Gasteiger partial charge is 0.491 e. The molecule has 3 aromatic heterocycles. The van der Waals surface area contributed by atoms with E-state index in [1.54, 1.807) is 68.3 Å². The first kappa shape index (κ1) is 38.6. The van der Waals surface area contributed by atoms with Gasteiger partial charge in [0.05, 0.1) is 17.7 Å². The van der Waals surface area contributed by atoms with Crippen molar-refractivity contribution in [2.75, 3.05) is 31.8 Å². The molecule has 10 N–H and O–H groups in total. The summed E-state index contributed by atoms with van der Waals surface area (Å²) in [5, 5.41) is 27.1. The number of benzene rings is 4.